The summed E-state index contributed by atoms with van der Waals surface area (Å²) in [5.41, 5.74) is 0. The molecule has 1 saturated carbocycles. The molecule has 25 heavy (non-hydrogen) atoms. The van der Waals surface area contributed by atoms with Gasteiger partial charge in [-0.2, -0.15) is 0 Å². The molecule has 0 aromatic heterocycles. The quantitative estimate of drug-likeness (QED) is 0.870. The van der Waals surface area contributed by atoms with E-state index in [0.29, 0.717) is 36.5 Å². The molecule has 0 spiro atoms. The number of hydrogen-bond donors (Lipinski definition) is 1. The minimum absolute atomic E-state index is 0.0919. The Hall–Kier alpha value is -1.34. The van der Waals surface area contributed by atoms with Crippen molar-refractivity contribution in [1.29, 1.82) is 0 Å². The van der Waals surface area contributed by atoms with E-state index >= 15 is 0 Å². The molecule has 6 nitrogen and oxygen atoms in total. The second-order valence-corrected chi connectivity index (χ2v) is 7.26. The van der Waals surface area contributed by atoms with Crippen molar-refractivity contribution in [2.75, 3.05) is 40.0 Å². The molecule has 1 N–H and O–H groups in total. The highest BCUT2D eigenvalue weighted by atomic mass is 16.7. The average molecular weight is 349 g/mol. The highest BCUT2D eigenvalue weighted by molar-refractivity contribution is 5.39. The number of methoxy groups -OCH3 is 1. The molecule has 3 aliphatic rings. The fourth-order valence-electron chi connectivity index (χ4n) is 4.37. The van der Waals surface area contributed by atoms with Crippen LogP contribution in [-0.4, -0.2) is 68.5 Å². The number of likely N-dealkylation sites (tertiary alicyclic amines) is 1. The predicted molar refractivity (Wildman–Crippen MR) is 91.8 cm³/mol. The van der Waals surface area contributed by atoms with Crippen LogP contribution >= 0.6 is 0 Å². The molecule has 4 rings (SSSR count). The van der Waals surface area contributed by atoms with Crippen LogP contribution in [0.4, 0.5) is 0 Å². The first-order valence-electron chi connectivity index (χ1n) is 9.16. The number of fused-ring (bicyclic) bond motifs is 1. The largest absolute Gasteiger partial charge is 0.493 e. The summed E-state index contributed by atoms with van der Waals surface area (Å²) in [5, 5.41) is 10.6. The normalized spacial score (nSPS) is 33.4. The number of rotatable bonds is 5. The van der Waals surface area contributed by atoms with Gasteiger partial charge in [0.15, 0.2) is 17.8 Å². The molecule has 138 valence electrons. The predicted octanol–water partition coefficient (Wildman–Crippen LogP) is 1.52. The number of hydrogen-bond acceptors (Lipinski definition) is 6. The van der Waals surface area contributed by atoms with Crippen molar-refractivity contribution in [2.45, 2.75) is 31.3 Å². The molecular weight excluding hydrogens is 322 g/mol. The van der Waals surface area contributed by atoms with Gasteiger partial charge in [0, 0.05) is 19.6 Å². The van der Waals surface area contributed by atoms with Crippen molar-refractivity contribution in [2.24, 2.45) is 11.8 Å². The Balaban J connectivity index is 1.37. The van der Waals surface area contributed by atoms with Crippen LogP contribution < -0.4 is 9.47 Å². The Kier molecular flexibility index (Phi) is 5.12. The summed E-state index contributed by atoms with van der Waals surface area (Å²) in [4.78, 5) is 2.41. The van der Waals surface area contributed by atoms with Crippen LogP contribution in [0.3, 0.4) is 0 Å². The van der Waals surface area contributed by atoms with Crippen molar-refractivity contribution >= 4 is 0 Å². The van der Waals surface area contributed by atoms with E-state index in [9.17, 15) is 5.11 Å². The van der Waals surface area contributed by atoms with Crippen molar-refractivity contribution in [1.82, 2.24) is 4.90 Å². The van der Waals surface area contributed by atoms with Crippen molar-refractivity contribution in [3.8, 4) is 11.5 Å². The molecule has 0 amide bonds. The molecule has 6 heteroatoms. The minimum atomic E-state index is -0.440. The molecule has 1 aromatic rings. The van der Waals surface area contributed by atoms with Gasteiger partial charge in [0.25, 0.3) is 0 Å². The van der Waals surface area contributed by atoms with Gasteiger partial charge >= 0.3 is 0 Å². The maximum atomic E-state index is 10.6. The first-order valence-corrected chi connectivity index (χ1v) is 9.16. The Morgan fingerprint density at radius 1 is 1.08 bits per heavy atom. The SMILES string of the molecule is COc1ccccc1O[C@@H]1C[C@@H]2CN(CC3OCCO3)C[C@@H]2C[C@H]1O. The first kappa shape index (κ1) is 17.1. The molecule has 1 aromatic carbocycles. The lowest BCUT2D eigenvalue weighted by Crippen LogP contribution is -2.42. The van der Waals surface area contributed by atoms with Gasteiger partial charge in [-0.1, -0.05) is 12.1 Å². The van der Waals surface area contributed by atoms with Crippen LogP contribution in [0.15, 0.2) is 24.3 Å². The van der Waals surface area contributed by atoms with Crippen molar-refractivity contribution in [3.05, 3.63) is 24.3 Å². The molecular formula is C19H27NO5. The highest BCUT2D eigenvalue weighted by Crippen LogP contribution is 2.39. The number of aliphatic hydroxyl groups excluding tert-OH is 1. The zero-order chi connectivity index (χ0) is 17.2. The topological polar surface area (TPSA) is 60.4 Å². The number of benzene rings is 1. The fraction of sp³-hybridized carbons (Fsp3) is 0.684. The number of para-hydroxylation sites is 2. The summed E-state index contributed by atoms with van der Waals surface area (Å²) < 4.78 is 22.6. The monoisotopic (exact) mass is 349 g/mol. The first-order chi connectivity index (χ1) is 12.2. The summed E-state index contributed by atoms with van der Waals surface area (Å²) in [7, 11) is 1.64. The molecule has 4 atom stereocenters. The van der Waals surface area contributed by atoms with E-state index < -0.39 is 6.10 Å². The number of ether oxygens (including phenoxy) is 4. The molecule has 1 aliphatic carbocycles. The van der Waals surface area contributed by atoms with E-state index in [-0.39, 0.29) is 12.4 Å². The molecule has 2 saturated heterocycles. The third-order valence-corrected chi connectivity index (χ3v) is 5.61. The summed E-state index contributed by atoms with van der Waals surface area (Å²) >= 11 is 0. The van der Waals surface area contributed by atoms with E-state index in [1.54, 1.807) is 7.11 Å². The van der Waals surface area contributed by atoms with Crippen LogP contribution in [0, 0.1) is 11.8 Å². The maximum absolute atomic E-state index is 10.6. The summed E-state index contributed by atoms with van der Waals surface area (Å²) in [6.07, 6.45) is 0.937. The Morgan fingerprint density at radius 3 is 2.48 bits per heavy atom. The van der Waals surface area contributed by atoms with Crippen LogP contribution in [-0.2, 0) is 9.47 Å². The molecule has 0 radical (unpaired) electrons. The van der Waals surface area contributed by atoms with Gasteiger partial charge in [-0.15, -0.1) is 0 Å². The lowest BCUT2D eigenvalue weighted by molar-refractivity contribution is -0.0593. The Morgan fingerprint density at radius 2 is 1.76 bits per heavy atom. The average Bonchev–Trinajstić information content (AvgIpc) is 3.25. The minimum Gasteiger partial charge on any atom is -0.493 e. The molecule has 2 heterocycles. The lowest BCUT2D eigenvalue weighted by Gasteiger charge is -2.35. The summed E-state index contributed by atoms with van der Waals surface area (Å²) in [5.74, 6) is 2.48. The molecule has 0 bridgehead atoms. The van der Waals surface area contributed by atoms with Crippen molar-refractivity contribution < 1.29 is 24.1 Å². The Bertz CT molecular complexity index is 577. The van der Waals surface area contributed by atoms with Gasteiger partial charge in [0.2, 0.25) is 0 Å². The van der Waals surface area contributed by atoms with E-state index in [0.717, 1.165) is 32.5 Å². The number of nitrogens with zero attached hydrogens (tertiary/aromatic N) is 1. The van der Waals surface area contributed by atoms with Gasteiger partial charge in [-0.3, -0.25) is 4.90 Å². The molecule has 2 aliphatic heterocycles. The van der Waals surface area contributed by atoms with Gasteiger partial charge in [0.05, 0.1) is 26.4 Å². The lowest BCUT2D eigenvalue weighted by atomic mass is 9.78. The van der Waals surface area contributed by atoms with E-state index in [1.807, 2.05) is 24.3 Å². The zero-order valence-corrected chi connectivity index (χ0v) is 14.7. The van der Waals surface area contributed by atoms with Gasteiger partial charge in [-0.25, -0.2) is 0 Å². The highest BCUT2D eigenvalue weighted by Gasteiger charge is 2.43. The van der Waals surface area contributed by atoms with Gasteiger partial charge in [-0.05, 0) is 36.8 Å². The van der Waals surface area contributed by atoms with E-state index in [4.69, 9.17) is 18.9 Å². The number of aliphatic hydroxyl groups is 1. The second kappa shape index (κ2) is 7.50. The molecule has 3 fully saturated rings. The summed E-state index contributed by atoms with van der Waals surface area (Å²) in [6, 6.07) is 7.62. The third-order valence-electron chi connectivity index (χ3n) is 5.61. The van der Waals surface area contributed by atoms with E-state index in [1.165, 1.54) is 0 Å². The maximum Gasteiger partial charge on any atom is 0.170 e. The standard InChI is InChI=1S/C19H27NO5/c1-22-16-4-2-3-5-17(16)25-18-9-14-11-20(10-13(14)8-15(18)21)12-19-23-6-7-24-19/h2-5,13-15,18-19,21H,6-12H2,1H3/t13-,14+,15+,18+/m0/s1. The van der Waals surface area contributed by atoms with Gasteiger partial charge < -0.3 is 24.1 Å². The summed E-state index contributed by atoms with van der Waals surface area (Å²) in [6.45, 7) is 4.23. The Labute approximate surface area is 148 Å². The van der Waals surface area contributed by atoms with Crippen LogP contribution in [0.2, 0.25) is 0 Å². The van der Waals surface area contributed by atoms with Crippen LogP contribution in [0.25, 0.3) is 0 Å². The van der Waals surface area contributed by atoms with E-state index in [2.05, 4.69) is 4.90 Å². The van der Waals surface area contributed by atoms with Crippen molar-refractivity contribution in [3.63, 3.8) is 0 Å². The van der Waals surface area contributed by atoms with Gasteiger partial charge in [0.1, 0.15) is 6.10 Å². The smallest absolute Gasteiger partial charge is 0.170 e. The molecule has 0 unspecified atom stereocenters. The second-order valence-electron chi connectivity index (χ2n) is 7.26. The zero-order valence-electron chi connectivity index (χ0n) is 14.7. The fourth-order valence-corrected chi connectivity index (χ4v) is 4.37. The van der Waals surface area contributed by atoms with Crippen LogP contribution in [0.5, 0.6) is 11.5 Å². The van der Waals surface area contributed by atoms with Crippen LogP contribution in [0.1, 0.15) is 12.8 Å². The third kappa shape index (κ3) is 3.77.